The molecule has 3 aromatic heterocycles. The van der Waals surface area contributed by atoms with Crippen molar-refractivity contribution in [2.24, 2.45) is 5.92 Å². The monoisotopic (exact) mass is 652 g/mol. The van der Waals surface area contributed by atoms with E-state index in [-0.39, 0.29) is 18.3 Å². The number of carbonyl (C=O) groups is 2. The summed E-state index contributed by atoms with van der Waals surface area (Å²) in [5.41, 5.74) is 2.38. The number of hydrogen-bond donors (Lipinski definition) is 1. The van der Waals surface area contributed by atoms with Gasteiger partial charge in [-0.05, 0) is 86.8 Å². The number of piperidine rings is 1. The van der Waals surface area contributed by atoms with Crippen molar-refractivity contribution in [1.29, 1.82) is 0 Å². The molecule has 12 heteroatoms. The molecule has 1 aliphatic carbocycles. The van der Waals surface area contributed by atoms with Gasteiger partial charge >= 0.3 is 12.1 Å². The first-order valence-corrected chi connectivity index (χ1v) is 16.3. The zero-order valence-corrected chi connectivity index (χ0v) is 26.7. The highest BCUT2D eigenvalue weighted by molar-refractivity contribution is 7.15. The third kappa shape index (κ3) is 6.27. The molecule has 0 bridgehead atoms. The van der Waals surface area contributed by atoms with E-state index in [2.05, 4.69) is 22.2 Å². The predicted molar refractivity (Wildman–Crippen MR) is 168 cm³/mol. The van der Waals surface area contributed by atoms with E-state index in [1.165, 1.54) is 23.0 Å². The Morgan fingerprint density at radius 1 is 1.07 bits per heavy atom. The topological polar surface area (TPSA) is 97.6 Å². The molecule has 2 fully saturated rings. The molecule has 46 heavy (non-hydrogen) atoms. The second kappa shape index (κ2) is 12.5. The fourth-order valence-electron chi connectivity index (χ4n) is 6.33. The van der Waals surface area contributed by atoms with Crippen LogP contribution in [0.4, 0.5) is 13.2 Å². The van der Waals surface area contributed by atoms with Crippen LogP contribution in [0.25, 0.3) is 16.4 Å². The maximum absolute atomic E-state index is 13.9. The number of likely N-dealkylation sites (tertiary alicyclic amines) is 1. The van der Waals surface area contributed by atoms with Gasteiger partial charge in [0.1, 0.15) is 17.9 Å². The fraction of sp³-hybridized carbons (Fsp3) is 0.412. The normalized spacial score (nSPS) is 15.7. The number of carboxylic acid groups (broad SMARTS) is 1. The van der Waals surface area contributed by atoms with Gasteiger partial charge in [-0.2, -0.15) is 18.3 Å². The lowest BCUT2D eigenvalue weighted by Gasteiger charge is -2.32. The maximum atomic E-state index is 13.9. The Labute approximate surface area is 268 Å². The van der Waals surface area contributed by atoms with Gasteiger partial charge in [-0.15, -0.1) is 11.3 Å². The zero-order chi connectivity index (χ0) is 32.7. The average molecular weight is 653 g/mol. The molecular weight excluding hydrogens is 617 g/mol. The summed E-state index contributed by atoms with van der Waals surface area (Å²) in [6.07, 6.45) is 0.422. The van der Waals surface area contributed by atoms with E-state index >= 15 is 0 Å². The molecule has 0 unspecified atom stereocenters. The Bertz CT molecular complexity index is 1790. The number of aryl methyl sites for hydroxylation is 2. The molecule has 0 atom stereocenters. The molecule has 1 amide bonds. The van der Waals surface area contributed by atoms with Gasteiger partial charge in [0.2, 0.25) is 5.91 Å². The molecule has 1 saturated heterocycles. The molecule has 4 aromatic rings. The number of thiophene rings is 1. The summed E-state index contributed by atoms with van der Waals surface area (Å²) in [5.74, 6) is -0.147. The highest BCUT2D eigenvalue weighted by Gasteiger charge is 2.41. The van der Waals surface area contributed by atoms with Gasteiger partial charge < -0.3 is 14.7 Å². The first-order chi connectivity index (χ1) is 22.0. The highest BCUT2D eigenvalue weighted by atomic mass is 32.1. The zero-order valence-electron chi connectivity index (χ0n) is 25.9. The van der Waals surface area contributed by atoms with Crippen LogP contribution >= 0.6 is 11.3 Å². The van der Waals surface area contributed by atoms with Crippen molar-refractivity contribution in [2.45, 2.75) is 71.6 Å². The Kier molecular flexibility index (Phi) is 8.66. The number of nitrogens with zero attached hydrogens (tertiary/aromatic N) is 4. The van der Waals surface area contributed by atoms with Gasteiger partial charge in [-0.25, -0.2) is 14.5 Å². The van der Waals surface area contributed by atoms with E-state index in [0.29, 0.717) is 28.4 Å². The second-order valence-corrected chi connectivity index (χ2v) is 13.2. The molecule has 1 aromatic carbocycles. The summed E-state index contributed by atoms with van der Waals surface area (Å²) < 4.78 is 48.6. The van der Waals surface area contributed by atoms with Crippen LogP contribution < -0.4 is 4.74 Å². The van der Waals surface area contributed by atoms with E-state index in [0.717, 1.165) is 77.4 Å². The molecule has 1 N–H and O–H groups in total. The number of carbonyl (C=O) groups excluding carboxylic acids is 1. The number of carboxylic acids is 1. The first kappa shape index (κ1) is 31.8. The van der Waals surface area contributed by atoms with Gasteiger partial charge in [0.05, 0.1) is 16.8 Å². The van der Waals surface area contributed by atoms with E-state index in [9.17, 15) is 27.9 Å². The average Bonchev–Trinajstić information content (AvgIpc) is 3.69. The van der Waals surface area contributed by atoms with Crippen LogP contribution in [0.5, 0.6) is 5.75 Å². The molecule has 242 valence electrons. The SMILES string of the molecule is CCc1c(C)sc(-c2cccc(-n3ncc(C(=O)O)c3C(F)(F)F)n2)c1COc1ccc(C2CCN(C(=O)C3CC3)CC2)cc1C. The van der Waals surface area contributed by atoms with Crippen molar-refractivity contribution in [2.75, 3.05) is 13.1 Å². The lowest BCUT2D eigenvalue weighted by molar-refractivity contribution is -0.143. The lowest BCUT2D eigenvalue weighted by atomic mass is 9.88. The van der Waals surface area contributed by atoms with Crippen molar-refractivity contribution < 1.29 is 32.6 Å². The minimum Gasteiger partial charge on any atom is -0.489 e. The molecule has 0 radical (unpaired) electrons. The van der Waals surface area contributed by atoms with Gasteiger partial charge in [-0.3, -0.25) is 4.79 Å². The summed E-state index contributed by atoms with van der Waals surface area (Å²) in [5, 5.41) is 13.1. The lowest BCUT2D eigenvalue weighted by Crippen LogP contribution is -2.38. The third-order valence-corrected chi connectivity index (χ3v) is 10.1. The number of hydrogen-bond acceptors (Lipinski definition) is 6. The molecule has 1 aliphatic heterocycles. The number of rotatable bonds is 9. The number of aromatic nitrogens is 3. The number of amides is 1. The first-order valence-electron chi connectivity index (χ1n) is 15.5. The Hall–Kier alpha value is -4.19. The van der Waals surface area contributed by atoms with E-state index in [4.69, 9.17) is 4.74 Å². The highest BCUT2D eigenvalue weighted by Crippen LogP contribution is 2.39. The summed E-state index contributed by atoms with van der Waals surface area (Å²) in [4.78, 5) is 32.3. The summed E-state index contributed by atoms with van der Waals surface area (Å²) in [7, 11) is 0. The van der Waals surface area contributed by atoms with Gasteiger partial charge in [0, 0.05) is 29.4 Å². The van der Waals surface area contributed by atoms with Crippen LogP contribution in [0.2, 0.25) is 0 Å². The van der Waals surface area contributed by atoms with Crippen LogP contribution in [0.15, 0.2) is 42.6 Å². The number of pyridine rings is 1. The third-order valence-electron chi connectivity index (χ3n) is 8.90. The molecule has 6 rings (SSSR count). The molecular formula is C34H35F3N4O4S. The number of benzene rings is 1. The van der Waals surface area contributed by atoms with Crippen molar-refractivity contribution >= 4 is 23.2 Å². The smallest absolute Gasteiger partial charge is 0.434 e. The van der Waals surface area contributed by atoms with Crippen molar-refractivity contribution in [3.63, 3.8) is 0 Å². The van der Waals surface area contributed by atoms with E-state index in [1.807, 2.05) is 31.7 Å². The Morgan fingerprint density at radius 2 is 1.80 bits per heavy atom. The van der Waals surface area contributed by atoms with Crippen molar-refractivity contribution in [3.05, 3.63) is 81.0 Å². The van der Waals surface area contributed by atoms with E-state index < -0.39 is 23.4 Å². The number of alkyl halides is 3. The molecule has 4 heterocycles. The quantitative estimate of drug-likeness (QED) is 0.200. The minimum atomic E-state index is -4.95. The van der Waals surface area contributed by atoms with Crippen LogP contribution in [-0.4, -0.2) is 49.7 Å². The maximum Gasteiger partial charge on any atom is 0.434 e. The largest absolute Gasteiger partial charge is 0.489 e. The number of aromatic carboxylic acids is 1. The van der Waals surface area contributed by atoms with Gasteiger partial charge in [0.25, 0.3) is 0 Å². The number of halogens is 3. The van der Waals surface area contributed by atoms with Crippen LogP contribution in [0, 0.1) is 19.8 Å². The summed E-state index contributed by atoms with van der Waals surface area (Å²) in [6, 6.07) is 10.9. The van der Waals surface area contributed by atoms with Crippen LogP contribution in [-0.2, 0) is 24.0 Å². The van der Waals surface area contributed by atoms with Crippen molar-refractivity contribution in [3.8, 4) is 22.1 Å². The van der Waals surface area contributed by atoms with Gasteiger partial charge in [-0.1, -0.05) is 25.1 Å². The minimum absolute atomic E-state index is 0.137. The predicted octanol–water partition coefficient (Wildman–Crippen LogP) is 7.59. The summed E-state index contributed by atoms with van der Waals surface area (Å²) >= 11 is 1.49. The van der Waals surface area contributed by atoms with Gasteiger partial charge in [0.15, 0.2) is 11.5 Å². The Morgan fingerprint density at radius 3 is 2.43 bits per heavy atom. The van der Waals surface area contributed by atoms with Crippen LogP contribution in [0.3, 0.4) is 0 Å². The number of ether oxygens (including phenoxy) is 1. The van der Waals surface area contributed by atoms with Crippen LogP contribution in [0.1, 0.15) is 81.7 Å². The molecule has 8 nitrogen and oxygen atoms in total. The molecule has 0 spiro atoms. The van der Waals surface area contributed by atoms with E-state index in [1.54, 1.807) is 12.1 Å². The Balaban J connectivity index is 1.22. The summed E-state index contributed by atoms with van der Waals surface area (Å²) in [6.45, 7) is 7.90. The second-order valence-electron chi connectivity index (χ2n) is 12.0. The molecule has 1 saturated carbocycles. The molecule has 2 aliphatic rings. The fourth-order valence-corrected chi connectivity index (χ4v) is 7.55. The standard InChI is InChI=1S/C34H35F3N4O4S/c1-4-24-20(3)46-30(27-6-5-7-29(39-27)41-31(34(35,36)37)25(17-38-41)33(43)44)26(24)18-45-28-11-10-23(16-19(28)2)21-12-14-40(15-13-21)32(42)22-8-9-22/h5-7,10-11,16-17,21-22H,4,8-9,12-15,18H2,1-3H3,(H,43,44). The van der Waals surface area contributed by atoms with Crippen molar-refractivity contribution in [1.82, 2.24) is 19.7 Å².